The van der Waals surface area contributed by atoms with Crippen molar-refractivity contribution in [1.82, 2.24) is 15.0 Å². The van der Waals surface area contributed by atoms with Crippen molar-refractivity contribution in [3.63, 3.8) is 0 Å². The Morgan fingerprint density at radius 1 is 1.45 bits per heavy atom. The van der Waals surface area contributed by atoms with Gasteiger partial charge in [-0.15, -0.1) is 0 Å². The fraction of sp³-hybridized carbons (Fsp3) is 0.500. The summed E-state index contributed by atoms with van der Waals surface area (Å²) in [6.45, 7) is 6.54. The molecule has 0 saturated carbocycles. The average Bonchev–Trinajstić information content (AvgIpc) is 2.95. The SMILES string of the molecule is Cc1[nH]c2ncnc(NC(=O)[C@@H]3CCO[C@@H]3C)c2c1C. The second kappa shape index (κ2) is 4.86. The summed E-state index contributed by atoms with van der Waals surface area (Å²) >= 11 is 0. The standard InChI is InChI=1S/C14H18N4O2/c1-7-8(2)17-12-11(7)13(16-6-15-12)18-14(19)10-4-5-20-9(10)3/h6,9-10H,4-5H2,1-3H3,(H2,15,16,17,18,19)/t9-,10-/m1/s1. The summed E-state index contributed by atoms with van der Waals surface area (Å²) in [5, 5.41) is 3.80. The molecule has 2 aromatic heterocycles. The highest BCUT2D eigenvalue weighted by atomic mass is 16.5. The quantitative estimate of drug-likeness (QED) is 0.877. The molecule has 0 aliphatic carbocycles. The van der Waals surface area contributed by atoms with Gasteiger partial charge in [-0.1, -0.05) is 0 Å². The monoisotopic (exact) mass is 274 g/mol. The van der Waals surface area contributed by atoms with E-state index in [0.29, 0.717) is 12.4 Å². The molecule has 2 N–H and O–H groups in total. The topological polar surface area (TPSA) is 79.9 Å². The van der Waals surface area contributed by atoms with Crippen molar-refractivity contribution in [2.75, 3.05) is 11.9 Å². The van der Waals surface area contributed by atoms with Crippen LogP contribution in [-0.4, -0.2) is 33.6 Å². The van der Waals surface area contributed by atoms with Crippen LogP contribution in [-0.2, 0) is 9.53 Å². The maximum Gasteiger partial charge on any atom is 0.231 e. The lowest BCUT2D eigenvalue weighted by atomic mass is 10.0. The molecular formula is C14H18N4O2. The zero-order valence-electron chi connectivity index (χ0n) is 11.9. The van der Waals surface area contributed by atoms with Crippen molar-refractivity contribution in [3.05, 3.63) is 17.6 Å². The lowest BCUT2D eigenvalue weighted by molar-refractivity contribution is -0.121. The number of hydrogen-bond donors (Lipinski definition) is 2. The molecule has 0 aromatic carbocycles. The van der Waals surface area contributed by atoms with E-state index in [0.717, 1.165) is 28.7 Å². The number of amides is 1. The van der Waals surface area contributed by atoms with E-state index in [-0.39, 0.29) is 17.9 Å². The summed E-state index contributed by atoms with van der Waals surface area (Å²) in [6, 6.07) is 0. The minimum atomic E-state index is -0.111. The molecule has 0 spiro atoms. The molecule has 0 unspecified atom stereocenters. The van der Waals surface area contributed by atoms with Gasteiger partial charge in [-0.2, -0.15) is 0 Å². The van der Waals surface area contributed by atoms with Crippen LogP contribution in [0.15, 0.2) is 6.33 Å². The minimum absolute atomic E-state index is 0.0340. The molecule has 1 fully saturated rings. The van der Waals surface area contributed by atoms with Crippen LogP contribution in [0.4, 0.5) is 5.82 Å². The predicted octanol–water partition coefficient (Wildman–Crippen LogP) is 1.94. The Balaban J connectivity index is 1.93. The molecule has 1 aliphatic heterocycles. The number of nitrogens with zero attached hydrogens (tertiary/aromatic N) is 2. The molecule has 2 atom stereocenters. The Bertz CT molecular complexity index is 664. The molecule has 3 rings (SSSR count). The largest absolute Gasteiger partial charge is 0.378 e. The van der Waals surface area contributed by atoms with Gasteiger partial charge in [-0.3, -0.25) is 4.79 Å². The van der Waals surface area contributed by atoms with Crippen molar-refractivity contribution in [2.45, 2.75) is 33.3 Å². The van der Waals surface area contributed by atoms with E-state index in [4.69, 9.17) is 4.74 Å². The highest BCUT2D eigenvalue weighted by Crippen LogP contribution is 2.27. The van der Waals surface area contributed by atoms with Gasteiger partial charge in [-0.05, 0) is 32.8 Å². The molecule has 3 heterocycles. The van der Waals surface area contributed by atoms with E-state index in [1.54, 1.807) is 0 Å². The van der Waals surface area contributed by atoms with E-state index in [1.807, 2.05) is 20.8 Å². The van der Waals surface area contributed by atoms with Crippen molar-refractivity contribution < 1.29 is 9.53 Å². The number of aromatic nitrogens is 3. The van der Waals surface area contributed by atoms with Crippen molar-refractivity contribution >= 4 is 22.8 Å². The van der Waals surface area contributed by atoms with Crippen LogP contribution in [0.5, 0.6) is 0 Å². The first kappa shape index (κ1) is 13.1. The zero-order valence-corrected chi connectivity index (χ0v) is 11.9. The van der Waals surface area contributed by atoms with Crippen molar-refractivity contribution in [3.8, 4) is 0 Å². The fourth-order valence-electron chi connectivity index (χ4n) is 2.67. The Hall–Kier alpha value is -1.95. The predicted molar refractivity (Wildman–Crippen MR) is 75.5 cm³/mol. The lowest BCUT2D eigenvalue weighted by Crippen LogP contribution is -2.28. The lowest BCUT2D eigenvalue weighted by Gasteiger charge is -2.14. The zero-order chi connectivity index (χ0) is 14.3. The molecule has 1 amide bonds. The molecule has 2 aromatic rings. The fourth-order valence-corrected chi connectivity index (χ4v) is 2.67. The number of carbonyl (C=O) groups is 1. The minimum Gasteiger partial charge on any atom is -0.378 e. The van der Waals surface area contributed by atoms with E-state index in [2.05, 4.69) is 20.3 Å². The third-order valence-electron chi connectivity index (χ3n) is 4.05. The Morgan fingerprint density at radius 3 is 2.95 bits per heavy atom. The summed E-state index contributed by atoms with van der Waals surface area (Å²) < 4.78 is 5.44. The third kappa shape index (κ3) is 2.06. The van der Waals surface area contributed by atoms with Gasteiger partial charge in [0, 0.05) is 12.3 Å². The van der Waals surface area contributed by atoms with Gasteiger partial charge in [0.05, 0.1) is 17.4 Å². The molecule has 0 bridgehead atoms. The van der Waals surface area contributed by atoms with Gasteiger partial charge in [-0.25, -0.2) is 9.97 Å². The second-order valence-corrected chi connectivity index (χ2v) is 5.28. The van der Waals surface area contributed by atoms with Crippen LogP contribution in [0.3, 0.4) is 0 Å². The maximum atomic E-state index is 12.3. The van der Waals surface area contributed by atoms with Crippen molar-refractivity contribution in [2.24, 2.45) is 5.92 Å². The summed E-state index contributed by atoms with van der Waals surface area (Å²) in [5.74, 6) is 0.426. The molecule has 1 aliphatic rings. The van der Waals surface area contributed by atoms with Gasteiger partial charge < -0.3 is 15.0 Å². The normalized spacial score (nSPS) is 22.4. The van der Waals surface area contributed by atoms with Crippen LogP contribution in [0, 0.1) is 19.8 Å². The van der Waals surface area contributed by atoms with E-state index in [9.17, 15) is 4.79 Å². The Kier molecular flexibility index (Phi) is 3.17. The first-order valence-corrected chi connectivity index (χ1v) is 6.80. The number of aromatic amines is 1. The van der Waals surface area contributed by atoms with Crippen LogP contribution < -0.4 is 5.32 Å². The first-order valence-electron chi connectivity index (χ1n) is 6.80. The van der Waals surface area contributed by atoms with Gasteiger partial charge in [0.15, 0.2) is 0 Å². The van der Waals surface area contributed by atoms with Gasteiger partial charge >= 0.3 is 0 Å². The molecule has 20 heavy (non-hydrogen) atoms. The molecule has 6 nitrogen and oxygen atoms in total. The number of H-pyrrole nitrogens is 1. The number of fused-ring (bicyclic) bond motifs is 1. The van der Waals surface area contributed by atoms with Gasteiger partial charge in [0.1, 0.15) is 17.8 Å². The maximum absolute atomic E-state index is 12.3. The number of aryl methyl sites for hydroxylation is 2. The highest BCUT2D eigenvalue weighted by molar-refractivity contribution is 6.01. The Morgan fingerprint density at radius 2 is 2.25 bits per heavy atom. The Labute approximate surface area is 117 Å². The number of hydrogen-bond acceptors (Lipinski definition) is 4. The smallest absolute Gasteiger partial charge is 0.231 e. The highest BCUT2D eigenvalue weighted by Gasteiger charge is 2.31. The number of carbonyl (C=O) groups excluding carboxylic acids is 1. The van der Waals surface area contributed by atoms with Crippen molar-refractivity contribution in [1.29, 1.82) is 0 Å². The third-order valence-corrected chi connectivity index (χ3v) is 4.05. The number of rotatable bonds is 2. The van der Waals surface area contributed by atoms with Crippen LogP contribution in [0.25, 0.3) is 11.0 Å². The summed E-state index contributed by atoms with van der Waals surface area (Å²) in [6.07, 6.45) is 2.18. The molecule has 0 radical (unpaired) electrons. The van der Waals surface area contributed by atoms with Crippen LogP contribution in [0.2, 0.25) is 0 Å². The summed E-state index contributed by atoms with van der Waals surface area (Å²) in [7, 11) is 0. The van der Waals surface area contributed by atoms with Gasteiger partial charge in [0.25, 0.3) is 0 Å². The molecular weight excluding hydrogens is 256 g/mol. The van der Waals surface area contributed by atoms with E-state index in [1.165, 1.54) is 6.33 Å². The summed E-state index contributed by atoms with van der Waals surface area (Å²) in [5.41, 5.74) is 2.85. The number of ether oxygens (including phenoxy) is 1. The van der Waals surface area contributed by atoms with Crippen LogP contribution in [0.1, 0.15) is 24.6 Å². The molecule has 106 valence electrons. The molecule has 1 saturated heterocycles. The summed E-state index contributed by atoms with van der Waals surface area (Å²) in [4.78, 5) is 23.9. The van der Waals surface area contributed by atoms with Gasteiger partial charge in [0.2, 0.25) is 5.91 Å². The molecule has 6 heteroatoms. The van der Waals surface area contributed by atoms with E-state index >= 15 is 0 Å². The number of anilines is 1. The van der Waals surface area contributed by atoms with E-state index < -0.39 is 0 Å². The van der Waals surface area contributed by atoms with Crippen LogP contribution >= 0.6 is 0 Å². The first-order chi connectivity index (χ1) is 9.58. The average molecular weight is 274 g/mol. The number of nitrogens with one attached hydrogen (secondary N) is 2. The second-order valence-electron chi connectivity index (χ2n) is 5.28.